The van der Waals surface area contributed by atoms with Crippen LogP contribution in [-0.4, -0.2) is 5.78 Å². The predicted molar refractivity (Wildman–Crippen MR) is 60.9 cm³/mol. The van der Waals surface area contributed by atoms with E-state index >= 15 is 0 Å². The van der Waals surface area contributed by atoms with Crippen molar-refractivity contribution in [1.29, 1.82) is 0 Å². The fourth-order valence-electron chi connectivity index (χ4n) is 0.938. The number of hydrogen-bond donors (Lipinski definition) is 0. The number of hydrogen-bond acceptors (Lipinski definition) is 2. The highest BCUT2D eigenvalue weighted by molar-refractivity contribution is 14.1. The fourth-order valence-corrected chi connectivity index (χ4v) is 2.29. The molecule has 1 rings (SSSR count). The van der Waals surface area contributed by atoms with Gasteiger partial charge in [0.15, 0.2) is 5.78 Å². The molecule has 0 unspecified atom stereocenters. The molecule has 0 amide bonds. The van der Waals surface area contributed by atoms with Gasteiger partial charge in [0.25, 0.3) is 0 Å². The molecule has 1 heterocycles. The van der Waals surface area contributed by atoms with Crippen LogP contribution < -0.4 is 0 Å². The van der Waals surface area contributed by atoms with Gasteiger partial charge >= 0.3 is 0 Å². The Bertz CT molecular complexity index is 267. The minimum atomic E-state index is 0.288. The molecule has 0 saturated carbocycles. The van der Waals surface area contributed by atoms with Crippen LogP contribution >= 0.6 is 33.9 Å². The summed E-state index contributed by atoms with van der Waals surface area (Å²) in [5, 5.41) is 1.94. The van der Waals surface area contributed by atoms with E-state index in [0.717, 1.165) is 18.4 Å². The van der Waals surface area contributed by atoms with Gasteiger partial charge in [-0.2, -0.15) is 0 Å². The van der Waals surface area contributed by atoms with Crippen molar-refractivity contribution in [3.63, 3.8) is 0 Å². The number of rotatable bonds is 4. The van der Waals surface area contributed by atoms with Gasteiger partial charge in [-0.3, -0.25) is 4.79 Å². The zero-order valence-corrected chi connectivity index (χ0v) is 9.94. The molecule has 66 valence electrons. The van der Waals surface area contributed by atoms with Crippen molar-refractivity contribution < 1.29 is 4.79 Å². The second kappa shape index (κ2) is 4.97. The van der Waals surface area contributed by atoms with Crippen LogP contribution in [0.15, 0.2) is 11.4 Å². The highest BCUT2D eigenvalue weighted by atomic mass is 127. The van der Waals surface area contributed by atoms with E-state index in [9.17, 15) is 4.79 Å². The highest BCUT2D eigenvalue weighted by Crippen LogP contribution is 2.18. The number of unbranched alkanes of at least 4 members (excludes halogenated alkanes) is 1. The lowest BCUT2D eigenvalue weighted by Crippen LogP contribution is -1.95. The molecule has 0 aliphatic heterocycles. The van der Waals surface area contributed by atoms with Gasteiger partial charge in [0, 0.05) is 17.4 Å². The number of thiophene rings is 1. The number of Topliss-reactive ketones (excluding diaryl/α,β-unsaturated/α-hetero) is 1. The van der Waals surface area contributed by atoms with Gasteiger partial charge in [0.1, 0.15) is 0 Å². The second-order valence-corrected chi connectivity index (χ2v) is 5.47. The summed E-state index contributed by atoms with van der Waals surface area (Å²) in [5.41, 5.74) is 0.887. The lowest BCUT2D eigenvalue weighted by molar-refractivity contribution is 0.0980. The van der Waals surface area contributed by atoms with E-state index in [4.69, 9.17) is 0 Å². The third-order valence-electron chi connectivity index (χ3n) is 1.65. The maximum absolute atomic E-state index is 11.4. The Hall–Kier alpha value is 0.1000. The Kier molecular flexibility index (Phi) is 4.21. The Morgan fingerprint density at radius 1 is 1.67 bits per heavy atom. The van der Waals surface area contributed by atoms with Crippen LogP contribution in [0.3, 0.4) is 0 Å². The van der Waals surface area contributed by atoms with Crippen LogP contribution in [0, 0.1) is 2.88 Å². The van der Waals surface area contributed by atoms with Crippen molar-refractivity contribution in [2.24, 2.45) is 0 Å². The molecule has 0 saturated heterocycles. The van der Waals surface area contributed by atoms with E-state index in [1.54, 1.807) is 11.3 Å². The Morgan fingerprint density at radius 2 is 2.42 bits per heavy atom. The van der Waals surface area contributed by atoms with Crippen LogP contribution in [0.1, 0.15) is 36.5 Å². The van der Waals surface area contributed by atoms with E-state index in [-0.39, 0.29) is 5.78 Å². The molecule has 0 aliphatic carbocycles. The molecule has 1 aromatic rings. The normalized spacial score (nSPS) is 10.2. The summed E-state index contributed by atoms with van der Waals surface area (Å²) in [4.78, 5) is 11.4. The molecule has 1 aromatic heterocycles. The number of carbonyl (C=O) groups excluding carboxylic acids is 1. The average molecular weight is 294 g/mol. The monoisotopic (exact) mass is 294 g/mol. The van der Waals surface area contributed by atoms with Crippen molar-refractivity contribution in [1.82, 2.24) is 0 Å². The molecule has 0 atom stereocenters. The maximum atomic E-state index is 11.4. The molecule has 12 heavy (non-hydrogen) atoms. The SMILES string of the molecule is CCCCC(=O)c1csc(I)c1. The number of carbonyl (C=O) groups is 1. The van der Waals surface area contributed by atoms with Gasteiger partial charge in [-0.1, -0.05) is 13.3 Å². The topological polar surface area (TPSA) is 17.1 Å². The van der Waals surface area contributed by atoms with Crippen LogP contribution in [0.2, 0.25) is 0 Å². The van der Waals surface area contributed by atoms with E-state index in [0.29, 0.717) is 6.42 Å². The molecule has 0 bridgehead atoms. The van der Waals surface area contributed by atoms with Crippen LogP contribution in [0.4, 0.5) is 0 Å². The van der Waals surface area contributed by atoms with Crippen LogP contribution in [0.5, 0.6) is 0 Å². The molecule has 1 nitrogen and oxygen atoms in total. The molecule has 0 radical (unpaired) electrons. The molecule has 0 aliphatic rings. The summed E-state index contributed by atoms with van der Waals surface area (Å²) in [6.07, 6.45) is 2.79. The van der Waals surface area contributed by atoms with Crippen molar-refractivity contribution >= 4 is 39.7 Å². The average Bonchev–Trinajstić information content (AvgIpc) is 2.47. The second-order valence-electron chi connectivity index (χ2n) is 2.67. The Balaban J connectivity index is 2.53. The number of ketones is 1. The maximum Gasteiger partial charge on any atom is 0.163 e. The van der Waals surface area contributed by atoms with E-state index < -0.39 is 0 Å². The van der Waals surface area contributed by atoms with Crippen molar-refractivity contribution in [3.8, 4) is 0 Å². The quantitative estimate of drug-likeness (QED) is 0.611. The molecular formula is C9H11IOS. The summed E-state index contributed by atoms with van der Waals surface area (Å²) >= 11 is 3.87. The van der Waals surface area contributed by atoms with Gasteiger partial charge in [-0.25, -0.2) is 0 Å². The fraction of sp³-hybridized carbons (Fsp3) is 0.444. The standard InChI is InChI=1S/C9H11IOS/c1-2-3-4-8(11)7-5-9(10)12-6-7/h5-6H,2-4H2,1H3. The molecule has 0 spiro atoms. The van der Waals surface area contributed by atoms with Gasteiger partial charge in [-0.05, 0) is 35.1 Å². The van der Waals surface area contributed by atoms with Crippen molar-refractivity contribution in [3.05, 3.63) is 19.9 Å². The lowest BCUT2D eigenvalue weighted by Gasteiger charge is -1.94. The largest absolute Gasteiger partial charge is 0.294 e. The minimum absolute atomic E-state index is 0.288. The molecule has 0 fully saturated rings. The van der Waals surface area contributed by atoms with E-state index in [1.165, 1.54) is 2.88 Å². The van der Waals surface area contributed by atoms with Gasteiger partial charge < -0.3 is 0 Å². The molecule has 0 N–H and O–H groups in total. The summed E-state index contributed by atoms with van der Waals surface area (Å²) < 4.78 is 1.19. The molecule has 0 aromatic carbocycles. The first-order chi connectivity index (χ1) is 5.74. The third-order valence-corrected chi connectivity index (χ3v) is 3.44. The highest BCUT2D eigenvalue weighted by Gasteiger charge is 2.06. The van der Waals surface area contributed by atoms with Gasteiger partial charge in [0.05, 0.1) is 2.88 Å². The van der Waals surface area contributed by atoms with Crippen LogP contribution in [0.25, 0.3) is 0 Å². The summed E-state index contributed by atoms with van der Waals surface area (Å²) in [6, 6.07) is 1.96. The van der Waals surface area contributed by atoms with Crippen LogP contribution in [-0.2, 0) is 0 Å². The zero-order valence-electron chi connectivity index (χ0n) is 6.97. The summed E-state index contributed by atoms with van der Waals surface area (Å²) in [5.74, 6) is 0.288. The first-order valence-electron chi connectivity index (χ1n) is 4.01. The van der Waals surface area contributed by atoms with Gasteiger partial charge in [-0.15, -0.1) is 11.3 Å². The summed E-state index contributed by atoms with van der Waals surface area (Å²) in [7, 11) is 0. The first kappa shape index (κ1) is 10.2. The predicted octanol–water partition coefficient (Wildman–Crippen LogP) is 3.73. The van der Waals surface area contributed by atoms with Gasteiger partial charge in [0.2, 0.25) is 0 Å². The van der Waals surface area contributed by atoms with E-state index in [2.05, 4.69) is 29.5 Å². The first-order valence-corrected chi connectivity index (χ1v) is 5.97. The smallest absolute Gasteiger partial charge is 0.163 e. The van der Waals surface area contributed by atoms with E-state index in [1.807, 2.05) is 11.4 Å². The summed E-state index contributed by atoms with van der Waals surface area (Å²) in [6.45, 7) is 2.10. The Labute approximate surface area is 90.3 Å². The van der Waals surface area contributed by atoms with Crippen molar-refractivity contribution in [2.45, 2.75) is 26.2 Å². The lowest BCUT2D eigenvalue weighted by atomic mass is 10.1. The molecule has 3 heteroatoms. The minimum Gasteiger partial charge on any atom is -0.294 e. The zero-order chi connectivity index (χ0) is 8.97. The number of halogens is 1. The molecular weight excluding hydrogens is 283 g/mol. The van der Waals surface area contributed by atoms with Crippen molar-refractivity contribution in [2.75, 3.05) is 0 Å². The Morgan fingerprint density at radius 3 is 2.92 bits per heavy atom. The third kappa shape index (κ3) is 2.86.